The number of nitrogens with zero attached hydrogens (tertiary/aromatic N) is 4. The number of hydrogen-bond donors (Lipinski definition) is 1. The maximum atomic E-state index is 12.3. The average molecular weight is 406 g/mol. The molecular formula is C21H16ClN5O2. The molecule has 0 saturated heterocycles. The number of halogens is 1. The highest BCUT2D eigenvalue weighted by Crippen LogP contribution is 2.22. The van der Waals surface area contributed by atoms with E-state index in [4.69, 9.17) is 16.3 Å². The molecule has 0 atom stereocenters. The first-order valence-electron chi connectivity index (χ1n) is 8.77. The van der Waals surface area contributed by atoms with E-state index >= 15 is 0 Å². The van der Waals surface area contributed by atoms with Crippen LogP contribution in [0.2, 0.25) is 5.02 Å². The molecule has 0 bridgehead atoms. The van der Waals surface area contributed by atoms with E-state index in [0.717, 1.165) is 5.82 Å². The molecule has 0 radical (unpaired) electrons. The number of benzene rings is 2. The van der Waals surface area contributed by atoms with Crippen molar-refractivity contribution in [2.75, 3.05) is 5.32 Å². The fourth-order valence-corrected chi connectivity index (χ4v) is 2.87. The molecule has 0 aliphatic heterocycles. The summed E-state index contributed by atoms with van der Waals surface area (Å²) in [7, 11) is 0. The Bertz CT molecular complexity index is 1140. The van der Waals surface area contributed by atoms with Crippen molar-refractivity contribution < 1.29 is 9.53 Å². The topological polar surface area (TPSA) is 81.9 Å². The zero-order chi connectivity index (χ0) is 20.2. The van der Waals surface area contributed by atoms with E-state index in [9.17, 15) is 4.79 Å². The lowest BCUT2D eigenvalue weighted by molar-refractivity contribution is 0.102. The quantitative estimate of drug-likeness (QED) is 0.521. The lowest BCUT2D eigenvalue weighted by Gasteiger charge is -2.08. The third-order valence-corrected chi connectivity index (χ3v) is 4.36. The van der Waals surface area contributed by atoms with Gasteiger partial charge in [0.2, 0.25) is 5.88 Å². The van der Waals surface area contributed by atoms with Gasteiger partial charge in [0.05, 0.1) is 0 Å². The molecule has 7 nitrogen and oxygen atoms in total. The highest BCUT2D eigenvalue weighted by Gasteiger charge is 2.08. The van der Waals surface area contributed by atoms with Gasteiger partial charge in [-0.15, -0.1) is 10.2 Å². The van der Waals surface area contributed by atoms with Gasteiger partial charge >= 0.3 is 0 Å². The molecule has 1 N–H and O–H groups in total. The third kappa shape index (κ3) is 4.41. The van der Waals surface area contributed by atoms with Crippen LogP contribution >= 0.6 is 11.6 Å². The number of nitrogens with one attached hydrogen (secondary N) is 1. The van der Waals surface area contributed by atoms with Crippen LogP contribution in [0.4, 0.5) is 5.69 Å². The SMILES string of the molecule is Cc1nccn1-c1ccc(Oc2ccc(NC(=O)c3cccc(Cl)c3)cc2)nn1. The van der Waals surface area contributed by atoms with Crippen molar-refractivity contribution in [1.82, 2.24) is 19.7 Å². The van der Waals surface area contributed by atoms with Gasteiger partial charge in [-0.05, 0) is 55.5 Å². The second kappa shape index (κ2) is 8.12. The van der Waals surface area contributed by atoms with Crippen molar-refractivity contribution in [3.8, 4) is 17.4 Å². The fraction of sp³-hybridized carbons (Fsp3) is 0.0476. The van der Waals surface area contributed by atoms with Crippen LogP contribution in [0.15, 0.2) is 73.1 Å². The van der Waals surface area contributed by atoms with E-state index in [1.807, 2.05) is 17.7 Å². The second-order valence-electron chi connectivity index (χ2n) is 6.17. The number of hydrogen-bond acceptors (Lipinski definition) is 5. The molecule has 4 rings (SSSR count). The van der Waals surface area contributed by atoms with Crippen LogP contribution in [-0.4, -0.2) is 25.7 Å². The van der Waals surface area contributed by atoms with Gasteiger partial charge in [0, 0.05) is 34.7 Å². The zero-order valence-corrected chi connectivity index (χ0v) is 16.2. The molecule has 29 heavy (non-hydrogen) atoms. The first kappa shape index (κ1) is 18.6. The Kier molecular flexibility index (Phi) is 5.22. The van der Waals surface area contributed by atoms with Crippen LogP contribution < -0.4 is 10.1 Å². The molecule has 4 aromatic rings. The van der Waals surface area contributed by atoms with Crippen LogP contribution in [0.1, 0.15) is 16.2 Å². The molecule has 2 aromatic carbocycles. The summed E-state index contributed by atoms with van der Waals surface area (Å²) < 4.78 is 7.54. The number of carbonyl (C=O) groups excluding carboxylic acids is 1. The number of carbonyl (C=O) groups is 1. The third-order valence-electron chi connectivity index (χ3n) is 4.12. The number of ether oxygens (including phenoxy) is 1. The largest absolute Gasteiger partial charge is 0.438 e. The Hall–Kier alpha value is -3.71. The molecule has 0 aliphatic rings. The van der Waals surface area contributed by atoms with Crippen LogP contribution in [0.25, 0.3) is 5.82 Å². The summed E-state index contributed by atoms with van der Waals surface area (Å²) in [5, 5.41) is 11.6. The standard InChI is InChI=1S/C21H16ClN5O2/c1-14-23-11-12-27(14)19-9-10-20(26-25-19)29-18-7-5-17(6-8-18)24-21(28)15-3-2-4-16(22)13-15/h2-13H,1H3,(H,24,28). The van der Waals surface area contributed by atoms with E-state index in [1.54, 1.807) is 66.9 Å². The fourth-order valence-electron chi connectivity index (χ4n) is 2.68. The van der Waals surface area contributed by atoms with Gasteiger partial charge < -0.3 is 10.1 Å². The number of imidazole rings is 1. The van der Waals surface area contributed by atoms with Crippen molar-refractivity contribution in [3.63, 3.8) is 0 Å². The number of amides is 1. The van der Waals surface area contributed by atoms with Crippen LogP contribution in [0.5, 0.6) is 11.6 Å². The zero-order valence-electron chi connectivity index (χ0n) is 15.4. The smallest absolute Gasteiger partial charge is 0.255 e. The van der Waals surface area contributed by atoms with Crippen LogP contribution in [-0.2, 0) is 0 Å². The average Bonchev–Trinajstić information content (AvgIpc) is 3.16. The monoisotopic (exact) mass is 405 g/mol. The van der Waals surface area contributed by atoms with Gasteiger partial charge in [0.15, 0.2) is 5.82 Å². The maximum Gasteiger partial charge on any atom is 0.255 e. The number of aromatic nitrogens is 4. The molecule has 0 spiro atoms. The molecule has 2 heterocycles. The highest BCUT2D eigenvalue weighted by atomic mass is 35.5. The molecule has 144 valence electrons. The van der Waals surface area contributed by atoms with Crippen molar-refractivity contribution >= 4 is 23.2 Å². The minimum atomic E-state index is -0.239. The Balaban J connectivity index is 1.40. The predicted octanol–water partition coefficient (Wildman–Crippen LogP) is 4.67. The summed E-state index contributed by atoms with van der Waals surface area (Å²) in [6.07, 6.45) is 3.52. The molecule has 1 amide bonds. The van der Waals surface area contributed by atoms with E-state index < -0.39 is 0 Å². The van der Waals surface area contributed by atoms with E-state index in [2.05, 4.69) is 20.5 Å². The molecule has 0 aliphatic carbocycles. The Morgan fingerprint density at radius 2 is 1.90 bits per heavy atom. The first-order chi connectivity index (χ1) is 14.1. The normalized spacial score (nSPS) is 10.6. The van der Waals surface area contributed by atoms with E-state index in [-0.39, 0.29) is 5.91 Å². The summed E-state index contributed by atoms with van der Waals surface area (Å²) in [4.78, 5) is 16.4. The van der Waals surface area contributed by atoms with Crippen molar-refractivity contribution in [2.45, 2.75) is 6.92 Å². The second-order valence-corrected chi connectivity index (χ2v) is 6.60. The summed E-state index contributed by atoms with van der Waals surface area (Å²) in [6.45, 7) is 1.89. The highest BCUT2D eigenvalue weighted by molar-refractivity contribution is 6.31. The molecule has 0 unspecified atom stereocenters. The molecule has 0 fully saturated rings. The Morgan fingerprint density at radius 3 is 2.55 bits per heavy atom. The van der Waals surface area contributed by atoms with Crippen molar-refractivity contribution in [1.29, 1.82) is 0 Å². The van der Waals surface area contributed by atoms with Gasteiger partial charge in [-0.25, -0.2) is 4.98 Å². The summed E-state index contributed by atoms with van der Waals surface area (Å²) >= 11 is 5.92. The van der Waals surface area contributed by atoms with Crippen molar-refractivity contribution in [3.05, 3.63) is 89.5 Å². The minimum absolute atomic E-state index is 0.239. The van der Waals surface area contributed by atoms with E-state index in [1.165, 1.54) is 0 Å². The predicted molar refractivity (Wildman–Crippen MR) is 110 cm³/mol. The Labute approximate surface area is 172 Å². The lowest BCUT2D eigenvalue weighted by atomic mass is 10.2. The van der Waals surface area contributed by atoms with Gasteiger partial charge in [-0.2, -0.15) is 0 Å². The minimum Gasteiger partial charge on any atom is -0.438 e. The van der Waals surface area contributed by atoms with E-state index in [0.29, 0.717) is 33.7 Å². The number of aryl methyl sites for hydroxylation is 1. The molecule has 2 aromatic heterocycles. The Morgan fingerprint density at radius 1 is 1.07 bits per heavy atom. The summed E-state index contributed by atoms with van der Waals surface area (Å²) in [5.74, 6) is 2.18. The number of rotatable bonds is 5. The first-order valence-corrected chi connectivity index (χ1v) is 9.15. The van der Waals surface area contributed by atoms with Gasteiger partial charge in [-0.1, -0.05) is 17.7 Å². The summed E-state index contributed by atoms with van der Waals surface area (Å²) in [5.41, 5.74) is 1.13. The lowest BCUT2D eigenvalue weighted by Crippen LogP contribution is -2.11. The van der Waals surface area contributed by atoms with Crippen molar-refractivity contribution in [2.24, 2.45) is 0 Å². The maximum absolute atomic E-state index is 12.3. The summed E-state index contributed by atoms with van der Waals surface area (Å²) in [6, 6.07) is 17.3. The van der Waals surface area contributed by atoms with Crippen LogP contribution in [0, 0.1) is 6.92 Å². The van der Waals surface area contributed by atoms with Gasteiger partial charge in [0.1, 0.15) is 11.6 Å². The molecule has 0 saturated carbocycles. The molecular weight excluding hydrogens is 390 g/mol. The van der Waals surface area contributed by atoms with Gasteiger partial charge in [-0.3, -0.25) is 9.36 Å². The molecule has 8 heteroatoms. The van der Waals surface area contributed by atoms with Gasteiger partial charge in [0.25, 0.3) is 5.91 Å². The van der Waals surface area contributed by atoms with Crippen LogP contribution in [0.3, 0.4) is 0 Å². The number of anilines is 1.